The van der Waals surface area contributed by atoms with E-state index in [0.29, 0.717) is 12.0 Å². The van der Waals surface area contributed by atoms with Gasteiger partial charge in [0.2, 0.25) is 0 Å². The van der Waals surface area contributed by atoms with Crippen molar-refractivity contribution in [1.82, 2.24) is 4.98 Å². The molecule has 0 aliphatic carbocycles. The van der Waals surface area contributed by atoms with E-state index in [2.05, 4.69) is 24.0 Å². The minimum atomic E-state index is 0.107. The molecule has 1 aromatic heterocycles. The van der Waals surface area contributed by atoms with E-state index < -0.39 is 0 Å². The Morgan fingerprint density at radius 3 is 2.64 bits per heavy atom. The SMILES string of the molecule is CCC(Cc1nc(BCc2ccccc2)ccc1C=O)OC. The maximum atomic E-state index is 11.2. The van der Waals surface area contributed by atoms with Gasteiger partial charge >= 0.3 is 0 Å². The Kier molecular flexibility index (Phi) is 6.35. The Morgan fingerprint density at radius 1 is 1.23 bits per heavy atom. The number of methoxy groups -OCH3 is 1. The van der Waals surface area contributed by atoms with E-state index in [1.54, 1.807) is 7.11 Å². The van der Waals surface area contributed by atoms with Crippen LogP contribution in [0.1, 0.15) is 35.0 Å². The average molecular weight is 295 g/mol. The first-order valence-corrected chi connectivity index (χ1v) is 7.77. The van der Waals surface area contributed by atoms with Crippen molar-refractivity contribution in [2.75, 3.05) is 7.11 Å². The van der Waals surface area contributed by atoms with Crippen LogP contribution in [0.5, 0.6) is 0 Å². The molecule has 1 aromatic carbocycles. The van der Waals surface area contributed by atoms with E-state index in [9.17, 15) is 4.79 Å². The molecule has 2 rings (SSSR count). The molecule has 0 saturated carbocycles. The number of ether oxygens (including phenoxy) is 1. The molecule has 22 heavy (non-hydrogen) atoms. The van der Waals surface area contributed by atoms with E-state index >= 15 is 0 Å². The number of hydrogen-bond donors (Lipinski definition) is 0. The number of benzene rings is 1. The van der Waals surface area contributed by atoms with E-state index in [4.69, 9.17) is 4.74 Å². The van der Waals surface area contributed by atoms with Crippen LogP contribution in [0, 0.1) is 0 Å². The molecular formula is C18H22BNO2. The number of carbonyl (C=O) groups excluding carboxylic acids is 1. The summed E-state index contributed by atoms with van der Waals surface area (Å²) in [7, 11) is 2.58. The molecule has 1 heterocycles. The van der Waals surface area contributed by atoms with Crippen LogP contribution in [0.3, 0.4) is 0 Å². The second-order valence-electron chi connectivity index (χ2n) is 5.41. The number of nitrogens with zero attached hydrogens (tertiary/aromatic N) is 1. The van der Waals surface area contributed by atoms with Gasteiger partial charge in [0.05, 0.1) is 11.8 Å². The lowest BCUT2D eigenvalue weighted by atomic mass is 9.68. The Morgan fingerprint density at radius 2 is 2.00 bits per heavy atom. The quantitative estimate of drug-likeness (QED) is 0.553. The normalized spacial score (nSPS) is 11.9. The van der Waals surface area contributed by atoms with Crippen molar-refractivity contribution in [3.05, 3.63) is 59.3 Å². The van der Waals surface area contributed by atoms with E-state index in [1.165, 1.54) is 5.56 Å². The van der Waals surface area contributed by atoms with E-state index in [0.717, 1.165) is 37.6 Å². The predicted octanol–water partition coefficient (Wildman–Crippen LogP) is 2.12. The fourth-order valence-corrected chi connectivity index (χ4v) is 2.49. The molecule has 4 heteroatoms. The summed E-state index contributed by atoms with van der Waals surface area (Å²) in [5.74, 6) is 0. The van der Waals surface area contributed by atoms with E-state index in [-0.39, 0.29) is 6.10 Å². The minimum absolute atomic E-state index is 0.107. The lowest BCUT2D eigenvalue weighted by Crippen LogP contribution is -2.24. The van der Waals surface area contributed by atoms with Gasteiger partial charge in [-0.05, 0) is 24.9 Å². The van der Waals surface area contributed by atoms with Crippen molar-refractivity contribution in [1.29, 1.82) is 0 Å². The molecule has 3 nitrogen and oxygen atoms in total. The summed E-state index contributed by atoms with van der Waals surface area (Å²) in [5, 5.41) is 0. The highest BCUT2D eigenvalue weighted by atomic mass is 16.5. The Balaban J connectivity index is 2.10. The van der Waals surface area contributed by atoms with Gasteiger partial charge in [0.1, 0.15) is 0 Å². The highest BCUT2D eigenvalue weighted by Gasteiger charge is 2.12. The maximum absolute atomic E-state index is 11.2. The zero-order valence-corrected chi connectivity index (χ0v) is 13.3. The number of aromatic nitrogens is 1. The zero-order chi connectivity index (χ0) is 15.8. The third-order valence-electron chi connectivity index (χ3n) is 3.92. The summed E-state index contributed by atoms with van der Waals surface area (Å²) in [6.45, 7) is 2.08. The van der Waals surface area contributed by atoms with Crippen molar-refractivity contribution < 1.29 is 9.53 Å². The summed E-state index contributed by atoms with van der Waals surface area (Å²) >= 11 is 0. The molecule has 114 valence electrons. The first-order chi connectivity index (χ1) is 10.8. The first-order valence-electron chi connectivity index (χ1n) is 7.77. The number of aldehydes is 1. The number of carbonyl (C=O) groups is 1. The smallest absolute Gasteiger partial charge is 0.186 e. The second-order valence-corrected chi connectivity index (χ2v) is 5.41. The van der Waals surface area contributed by atoms with Crippen LogP contribution in [-0.2, 0) is 17.5 Å². The van der Waals surface area contributed by atoms with Crippen LogP contribution >= 0.6 is 0 Å². The molecule has 0 aliphatic heterocycles. The monoisotopic (exact) mass is 295 g/mol. The summed E-state index contributed by atoms with van der Waals surface area (Å²) in [4.78, 5) is 15.9. The number of pyridine rings is 1. The lowest BCUT2D eigenvalue weighted by Gasteiger charge is -2.14. The molecule has 0 radical (unpaired) electrons. The summed E-state index contributed by atoms with van der Waals surface area (Å²) < 4.78 is 5.42. The first kappa shape index (κ1) is 16.4. The summed E-state index contributed by atoms with van der Waals surface area (Å²) in [5.41, 5.74) is 3.83. The third kappa shape index (κ3) is 4.53. The van der Waals surface area contributed by atoms with Crippen LogP contribution in [0.15, 0.2) is 42.5 Å². The molecule has 0 aliphatic rings. The Hall–Kier alpha value is -1.94. The summed E-state index contributed by atoms with van der Waals surface area (Å²) in [6.07, 6.45) is 3.53. The molecular weight excluding hydrogens is 273 g/mol. The van der Waals surface area contributed by atoms with E-state index in [1.807, 2.05) is 30.3 Å². The lowest BCUT2D eigenvalue weighted by molar-refractivity contribution is 0.0984. The summed E-state index contributed by atoms with van der Waals surface area (Å²) in [6, 6.07) is 14.2. The van der Waals surface area contributed by atoms with Crippen LogP contribution in [0.2, 0.25) is 0 Å². The van der Waals surface area contributed by atoms with Crippen molar-refractivity contribution in [3.63, 3.8) is 0 Å². The fraction of sp³-hybridized carbons (Fsp3) is 0.333. The fourth-order valence-electron chi connectivity index (χ4n) is 2.49. The molecule has 1 atom stereocenters. The third-order valence-corrected chi connectivity index (χ3v) is 3.92. The number of rotatable bonds is 8. The average Bonchev–Trinajstić information content (AvgIpc) is 2.58. The Labute approximate surface area is 133 Å². The van der Waals surface area contributed by atoms with Gasteiger partial charge < -0.3 is 4.74 Å². The van der Waals surface area contributed by atoms with Gasteiger partial charge in [0.25, 0.3) is 0 Å². The highest BCUT2D eigenvalue weighted by molar-refractivity contribution is 6.51. The van der Waals surface area contributed by atoms with Gasteiger partial charge in [0.15, 0.2) is 13.6 Å². The van der Waals surface area contributed by atoms with Gasteiger partial charge in [-0.2, -0.15) is 0 Å². The van der Waals surface area contributed by atoms with Crippen molar-refractivity contribution in [2.45, 2.75) is 32.2 Å². The van der Waals surface area contributed by atoms with Gasteiger partial charge in [0, 0.05) is 24.7 Å². The van der Waals surface area contributed by atoms with Crippen LogP contribution in [0.25, 0.3) is 0 Å². The van der Waals surface area contributed by atoms with Gasteiger partial charge in [-0.3, -0.25) is 9.78 Å². The molecule has 0 spiro atoms. The Bertz CT molecular complexity index is 597. The molecule has 0 bridgehead atoms. The van der Waals surface area contributed by atoms with Crippen molar-refractivity contribution >= 4 is 19.2 Å². The topological polar surface area (TPSA) is 39.2 Å². The van der Waals surface area contributed by atoms with Gasteiger partial charge in [-0.15, -0.1) is 0 Å². The maximum Gasteiger partial charge on any atom is 0.186 e. The molecule has 0 saturated heterocycles. The minimum Gasteiger partial charge on any atom is -0.381 e. The molecule has 2 aromatic rings. The predicted molar refractivity (Wildman–Crippen MR) is 91.3 cm³/mol. The standard InChI is InChI=1S/C18H22BNO2/c1-3-16(22-2)11-17-15(13-21)9-10-18(20-17)19-12-14-7-5-4-6-8-14/h4-10,13,16,19H,3,11-12H2,1-2H3. The highest BCUT2D eigenvalue weighted by Crippen LogP contribution is 2.09. The van der Waals surface area contributed by atoms with Crippen LogP contribution in [-0.4, -0.2) is 31.8 Å². The molecule has 0 fully saturated rings. The molecule has 0 N–H and O–H groups in total. The number of hydrogen-bond acceptors (Lipinski definition) is 3. The molecule has 0 amide bonds. The van der Waals surface area contributed by atoms with Crippen molar-refractivity contribution in [2.24, 2.45) is 0 Å². The van der Waals surface area contributed by atoms with Crippen molar-refractivity contribution in [3.8, 4) is 0 Å². The molecule has 1 unspecified atom stereocenters. The second kappa shape index (κ2) is 8.49. The largest absolute Gasteiger partial charge is 0.381 e. The van der Waals surface area contributed by atoms with Gasteiger partial charge in [-0.1, -0.05) is 42.8 Å². The van der Waals surface area contributed by atoms with Crippen LogP contribution in [0.4, 0.5) is 0 Å². The zero-order valence-electron chi connectivity index (χ0n) is 13.3. The van der Waals surface area contributed by atoms with Crippen LogP contribution < -0.4 is 5.59 Å². The van der Waals surface area contributed by atoms with Gasteiger partial charge in [-0.25, -0.2) is 0 Å².